The van der Waals surface area contributed by atoms with E-state index in [2.05, 4.69) is 6.92 Å². The third-order valence-corrected chi connectivity index (χ3v) is 2.31. The van der Waals surface area contributed by atoms with Crippen molar-refractivity contribution >= 4 is 47.9 Å². The molecule has 0 bridgehead atoms. The van der Waals surface area contributed by atoms with Gasteiger partial charge >= 0.3 is 37.7 Å². The number of hydrogen-bond donors (Lipinski definition) is 1. The molecular formula is C7H18CaO3S. The van der Waals surface area contributed by atoms with Crippen molar-refractivity contribution in [3.8, 4) is 0 Å². The van der Waals surface area contributed by atoms with E-state index in [4.69, 9.17) is 4.55 Å². The molecule has 0 heterocycles. The summed E-state index contributed by atoms with van der Waals surface area (Å²) in [6.07, 6.45) is 4.83. The number of hydrogen-bond acceptors (Lipinski definition) is 2. The van der Waals surface area contributed by atoms with Gasteiger partial charge in [0.15, 0.2) is 0 Å². The van der Waals surface area contributed by atoms with E-state index in [1.165, 1.54) is 0 Å². The third kappa shape index (κ3) is 13.7. The minimum atomic E-state index is -3.71. The SMILES string of the molecule is CCCCCCCS(=O)(=O)O.[CaH2]. The first kappa shape index (κ1) is 15.6. The molecule has 0 aliphatic heterocycles. The normalized spacial score (nSPS) is 10.8. The van der Waals surface area contributed by atoms with Crippen LogP contribution in [0.4, 0.5) is 0 Å². The first-order chi connectivity index (χ1) is 5.06. The van der Waals surface area contributed by atoms with E-state index in [1.54, 1.807) is 0 Å². The molecule has 0 saturated heterocycles. The zero-order valence-electron chi connectivity index (χ0n) is 6.91. The quantitative estimate of drug-likeness (QED) is 0.413. The maximum absolute atomic E-state index is 10.2. The fourth-order valence-electron chi connectivity index (χ4n) is 0.888. The van der Waals surface area contributed by atoms with E-state index in [-0.39, 0.29) is 43.5 Å². The van der Waals surface area contributed by atoms with Crippen LogP contribution in [0.15, 0.2) is 0 Å². The summed E-state index contributed by atoms with van der Waals surface area (Å²) in [5.74, 6) is -0.0866. The summed E-state index contributed by atoms with van der Waals surface area (Å²) >= 11 is 0. The van der Waals surface area contributed by atoms with Gasteiger partial charge in [0, 0.05) is 0 Å². The van der Waals surface area contributed by atoms with Gasteiger partial charge in [0.05, 0.1) is 5.75 Å². The maximum atomic E-state index is 10.2. The second-order valence-electron chi connectivity index (χ2n) is 2.70. The predicted octanol–water partition coefficient (Wildman–Crippen LogP) is 0.928. The number of rotatable bonds is 6. The Bertz CT molecular complexity index is 177. The molecular weight excluding hydrogens is 204 g/mol. The van der Waals surface area contributed by atoms with Crippen molar-refractivity contribution in [2.75, 3.05) is 5.75 Å². The molecule has 0 unspecified atom stereocenters. The number of unbranched alkanes of at least 4 members (excludes halogenated alkanes) is 4. The van der Waals surface area contributed by atoms with Gasteiger partial charge in [-0.1, -0.05) is 32.6 Å². The molecule has 0 aromatic heterocycles. The Morgan fingerprint density at radius 2 is 1.58 bits per heavy atom. The van der Waals surface area contributed by atoms with Crippen molar-refractivity contribution in [1.82, 2.24) is 0 Å². The minimum absolute atomic E-state index is 0. The average Bonchev–Trinajstić information content (AvgIpc) is 1.85. The second kappa shape index (κ2) is 8.75. The molecule has 72 valence electrons. The van der Waals surface area contributed by atoms with Crippen LogP contribution in [0.1, 0.15) is 39.0 Å². The molecule has 0 aromatic carbocycles. The molecule has 0 atom stereocenters. The van der Waals surface area contributed by atoms with Crippen LogP contribution in [0.2, 0.25) is 0 Å². The van der Waals surface area contributed by atoms with Gasteiger partial charge in [-0.05, 0) is 6.42 Å². The molecule has 0 saturated carbocycles. The molecule has 0 radical (unpaired) electrons. The Balaban J connectivity index is 0. The van der Waals surface area contributed by atoms with Crippen molar-refractivity contribution in [1.29, 1.82) is 0 Å². The summed E-state index contributed by atoms with van der Waals surface area (Å²) in [6.45, 7) is 2.10. The molecule has 0 spiro atoms. The summed E-state index contributed by atoms with van der Waals surface area (Å²) in [7, 11) is -3.71. The third-order valence-electron chi connectivity index (χ3n) is 1.51. The molecule has 0 fully saturated rings. The van der Waals surface area contributed by atoms with Crippen LogP contribution in [-0.2, 0) is 10.1 Å². The van der Waals surface area contributed by atoms with Crippen molar-refractivity contribution in [2.24, 2.45) is 0 Å². The van der Waals surface area contributed by atoms with Crippen molar-refractivity contribution in [2.45, 2.75) is 39.0 Å². The fourth-order valence-corrected chi connectivity index (χ4v) is 1.46. The van der Waals surface area contributed by atoms with Gasteiger partial charge in [0.25, 0.3) is 10.1 Å². The summed E-state index contributed by atoms with van der Waals surface area (Å²) in [5.41, 5.74) is 0. The van der Waals surface area contributed by atoms with Crippen LogP contribution < -0.4 is 0 Å². The van der Waals surface area contributed by atoms with Gasteiger partial charge in [0.1, 0.15) is 0 Å². The first-order valence-corrected chi connectivity index (χ1v) is 5.62. The topological polar surface area (TPSA) is 54.4 Å². The van der Waals surface area contributed by atoms with Crippen LogP contribution in [-0.4, -0.2) is 56.5 Å². The standard InChI is InChI=1S/C7H16O3S.Ca.2H/c1-2-3-4-5-6-7-11(8,9)10;;;/h2-7H2,1H3,(H,8,9,10);;;. The molecule has 0 aliphatic carbocycles. The van der Waals surface area contributed by atoms with Gasteiger partial charge in [-0.15, -0.1) is 0 Å². The fraction of sp³-hybridized carbons (Fsp3) is 1.00. The summed E-state index contributed by atoms with van der Waals surface area (Å²) in [4.78, 5) is 0. The van der Waals surface area contributed by atoms with E-state index >= 15 is 0 Å². The molecule has 3 nitrogen and oxygen atoms in total. The van der Waals surface area contributed by atoms with Crippen LogP contribution in [0.3, 0.4) is 0 Å². The van der Waals surface area contributed by atoms with Gasteiger partial charge in [-0.2, -0.15) is 8.42 Å². The van der Waals surface area contributed by atoms with Crippen LogP contribution in [0, 0.1) is 0 Å². The average molecular weight is 222 g/mol. The Morgan fingerprint density at radius 1 is 1.08 bits per heavy atom. The van der Waals surface area contributed by atoms with Gasteiger partial charge in [0.2, 0.25) is 0 Å². The summed E-state index contributed by atoms with van der Waals surface area (Å²) in [5, 5.41) is 0. The summed E-state index contributed by atoms with van der Waals surface area (Å²) in [6, 6.07) is 0. The monoisotopic (exact) mass is 222 g/mol. The molecule has 5 heteroatoms. The van der Waals surface area contributed by atoms with E-state index < -0.39 is 10.1 Å². The van der Waals surface area contributed by atoms with Crippen LogP contribution >= 0.6 is 0 Å². The van der Waals surface area contributed by atoms with E-state index in [0.29, 0.717) is 6.42 Å². The summed E-state index contributed by atoms with van der Waals surface area (Å²) < 4.78 is 28.8. The van der Waals surface area contributed by atoms with Gasteiger partial charge in [-0.3, -0.25) is 4.55 Å². The van der Waals surface area contributed by atoms with Gasteiger partial charge < -0.3 is 0 Å². The van der Waals surface area contributed by atoms with Crippen molar-refractivity contribution in [3.05, 3.63) is 0 Å². The Labute approximate surface area is 105 Å². The van der Waals surface area contributed by atoms with Crippen LogP contribution in [0.5, 0.6) is 0 Å². The molecule has 0 aliphatic rings. The Hall–Kier alpha value is 1.17. The molecule has 1 N–H and O–H groups in total. The Morgan fingerprint density at radius 3 is 2.00 bits per heavy atom. The first-order valence-electron chi connectivity index (χ1n) is 4.01. The van der Waals surface area contributed by atoms with Gasteiger partial charge in [-0.25, -0.2) is 0 Å². The van der Waals surface area contributed by atoms with E-state index in [0.717, 1.165) is 25.7 Å². The zero-order chi connectivity index (χ0) is 8.74. The van der Waals surface area contributed by atoms with E-state index in [1.807, 2.05) is 0 Å². The molecule has 0 amide bonds. The Kier molecular flexibility index (Phi) is 11.4. The van der Waals surface area contributed by atoms with Crippen molar-refractivity contribution in [3.63, 3.8) is 0 Å². The molecule has 0 aromatic rings. The second-order valence-corrected chi connectivity index (χ2v) is 4.27. The molecule has 12 heavy (non-hydrogen) atoms. The van der Waals surface area contributed by atoms with Crippen LogP contribution in [0.25, 0.3) is 0 Å². The zero-order valence-corrected chi connectivity index (χ0v) is 7.73. The van der Waals surface area contributed by atoms with E-state index in [9.17, 15) is 8.42 Å². The molecule has 0 rings (SSSR count). The predicted molar refractivity (Wildman–Crippen MR) is 53.7 cm³/mol. The van der Waals surface area contributed by atoms with Crippen molar-refractivity contribution < 1.29 is 13.0 Å².